The van der Waals surface area contributed by atoms with Crippen LogP contribution in [0.3, 0.4) is 0 Å². The van der Waals surface area contributed by atoms with Gasteiger partial charge in [0.2, 0.25) is 0 Å². The van der Waals surface area contributed by atoms with Crippen LogP contribution in [0.1, 0.15) is 34.1 Å². The first kappa shape index (κ1) is 13.5. The molecule has 1 aliphatic heterocycles. The number of nitrogens with zero attached hydrogens (tertiary/aromatic N) is 2. The highest BCUT2D eigenvalue weighted by Gasteiger charge is 2.38. The number of likely N-dealkylation sites (N-methyl/N-ethyl adjacent to an activating group) is 1. The fourth-order valence-electron chi connectivity index (χ4n) is 2.35. The van der Waals surface area contributed by atoms with E-state index in [2.05, 4.69) is 44.5 Å². The third kappa shape index (κ3) is 2.95. The van der Waals surface area contributed by atoms with Gasteiger partial charge in [-0.15, -0.1) is 0 Å². The summed E-state index contributed by atoms with van der Waals surface area (Å²) < 4.78 is 0. The van der Waals surface area contributed by atoms with Gasteiger partial charge in [-0.2, -0.15) is 0 Å². The number of hydrogen-bond donors (Lipinski definition) is 1. The average Bonchev–Trinajstić information content (AvgIpc) is 2.10. The van der Waals surface area contributed by atoms with E-state index in [0.717, 1.165) is 13.1 Å². The summed E-state index contributed by atoms with van der Waals surface area (Å²) >= 11 is 0. The molecule has 0 aromatic heterocycles. The molecule has 4 heteroatoms. The van der Waals surface area contributed by atoms with Gasteiger partial charge in [0.1, 0.15) is 0 Å². The van der Waals surface area contributed by atoms with Gasteiger partial charge in [0.05, 0.1) is 6.42 Å². The van der Waals surface area contributed by atoms with Crippen molar-refractivity contribution >= 4 is 5.97 Å². The molecule has 0 aliphatic carbocycles. The van der Waals surface area contributed by atoms with Gasteiger partial charge in [0, 0.05) is 30.7 Å². The van der Waals surface area contributed by atoms with Crippen LogP contribution in [-0.2, 0) is 4.79 Å². The van der Waals surface area contributed by atoms with Gasteiger partial charge in [0.15, 0.2) is 0 Å². The van der Waals surface area contributed by atoms with Gasteiger partial charge in [-0.25, -0.2) is 0 Å². The maximum Gasteiger partial charge on any atom is 0.304 e. The zero-order valence-corrected chi connectivity index (χ0v) is 11.0. The smallest absolute Gasteiger partial charge is 0.304 e. The zero-order chi connectivity index (χ0) is 12.5. The predicted molar refractivity (Wildman–Crippen MR) is 64.6 cm³/mol. The van der Waals surface area contributed by atoms with Gasteiger partial charge in [0.25, 0.3) is 0 Å². The molecule has 0 aromatic carbocycles. The van der Waals surface area contributed by atoms with Crippen molar-refractivity contribution in [2.75, 3.05) is 20.1 Å². The Hall–Kier alpha value is -0.610. The summed E-state index contributed by atoms with van der Waals surface area (Å²) in [5.74, 6) is -0.705. The first-order chi connectivity index (χ1) is 7.24. The molecule has 1 unspecified atom stereocenters. The Morgan fingerprint density at radius 2 is 2.06 bits per heavy atom. The molecule has 0 aromatic rings. The van der Waals surface area contributed by atoms with Crippen molar-refractivity contribution < 1.29 is 9.90 Å². The van der Waals surface area contributed by atoms with Crippen molar-refractivity contribution in [1.82, 2.24) is 9.80 Å². The maximum absolute atomic E-state index is 10.9. The summed E-state index contributed by atoms with van der Waals surface area (Å²) in [6.07, 6.45) is 0.235. The van der Waals surface area contributed by atoms with Crippen LogP contribution >= 0.6 is 0 Å². The highest BCUT2D eigenvalue weighted by atomic mass is 16.4. The van der Waals surface area contributed by atoms with Crippen molar-refractivity contribution in [3.05, 3.63) is 0 Å². The van der Waals surface area contributed by atoms with Gasteiger partial charge >= 0.3 is 5.97 Å². The van der Waals surface area contributed by atoms with Crippen LogP contribution in [-0.4, -0.2) is 58.6 Å². The first-order valence-electron chi connectivity index (χ1n) is 5.93. The highest BCUT2D eigenvalue weighted by molar-refractivity contribution is 5.67. The second-order valence-corrected chi connectivity index (χ2v) is 5.71. The molecule has 1 saturated heterocycles. The van der Waals surface area contributed by atoms with E-state index in [-0.39, 0.29) is 18.0 Å². The Morgan fingerprint density at radius 3 is 2.50 bits per heavy atom. The van der Waals surface area contributed by atoms with Crippen molar-refractivity contribution in [2.45, 2.75) is 51.7 Å². The Bertz CT molecular complexity index is 264. The lowest BCUT2D eigenvalue weighted by molar-refractivity contribution is -0.140. The second-order valence-electron chi connectivity index (χ2n) is 5.71. The number of rotatable bonds is 3. The quantitative estimate of drug-likeness (QED) is 0.790. The first-order valence-corrected chi connectivity index (χ1v) is 5.93. The normalized spacial score (nSPS) is 27.2. The van der Waals surface area contributed by atoms with Crippen LogP contribution < -0.4 is 0 Å². The van der Waals surface area contributed by atoms with E-state index in [1.807, 2.05) is 0 Å². The fraction of sp³-hybridized carbons (Fsp3) is 0.917. The Labute approximate surface area is 98.2 Å². The second kappa shape index (κ2) is 4.72. The standard InChI is InChI=1S/C12H24N2O2/c1-9(2)14-8-12(3,4)13(5)7-10(14)6-11(15)16/h9-10H,6-8H2,1-5H3,(H,15,16). The number of aliphatic carboxylic acids is 1. The van der Waals surface area contributed by atoms with E-state index in [1.54, 1.807) is 0 Å². The summed E-state index contributed by atoms with van der Waals surface area (Å²) in [7, 11) is 2.08. The van der Waals surface area contributed by atoms with Gasteiger partial charge < -0.3 is 5.11 Å². The van der Waals surface area contributed by atoms with Crippen molar-refractivity contribution in [3.63, 3.8) is 0 Å². The lowest BCUT2D eigenvalue weighted by Crippen LogP contribution is -2.63. The van der Waals surface area contributed by atoms with Crippen LogP contribution in [0.15, 0.2) is 0 Å². The summed E-state index contributed by atoms with van der Waals surface area (Å²) in [4.78, 5) is 15.4. The van der Waals surface area contributed by atoms with Crippen molar-refractivity contribution in [2.24, 2.45) is 0 Å². The van der Waals surface area contributed by atoms with Crippen molar-refractivity contribution in [1.29, 1.82) is 0 Å². The number of piperazine rings is 1. The van der Waals surface area contributed by atoms with Gasteiger partial charge in [-0.3, -0.25) is 14.6 Å². The summed E-state index contributed by atoms with van der Waals surface area (Å²) in [6, 6.07) is 0.535. The molecule has 1 fully saturated rings. The number of hydrogen-bond acceptors (Lipinski definition) is 3. The molecule has 0 spiro atoms. The van der Waals surface area contributed by atoms with Crippen LogP contribution in [0.5, 0.6) is 0 Å². The van der Waals surface area contributed by atoms with E-state index < -0.39 is 5.97 Å². The number of carboxylic acids is 1. The molecule has 1 N–H and O–H groups in total. The monoisotopic (exact) mass is 228 g/mol. The maximum atomic E-state index is 10.9. The minimum Gasteiger partial charge on any atom is -0.481 e. The van der Waals surface area contributed by atoms with Gasteiger partial charge in [-0.05, 0) is 34.7 Å². The van der Waals surface area contributed by atoms with E-state index >= 15 is 0 Å². The molecule has 1 atom stereocenters. The molecule has 1 aliphatic rings. The molecule has 0 amide bonds. The van der Waals surface area contributed by atoms with E-state index in [9.17, 15) is 4.79 Å². The molecule has 1 rings (SSSR count). The Morgan fingerprint density at radius 1 is 1.50 bits per heavy atom. The molecule has 0 bridgehead atoms. The highest BCUT2D eigenvalue weighted by Crippen LogP contribution is 2.25. The van der Waals surface area contributed by atoms with Gasteiger partial charge in [-0.1, -0.05) is 0 Å². The molecular weight excluding hydrogens is 204 g/mol. The fourth-order valence-corrected chi connectivity index (χ4v) is 2.35. The Balaban J connectivity index is 2.79. The molecule has 94 valence electrons. The summed E-state index contributed by atoms with van der Waals surface area (Å²) in [5.41, 5.74) is 0.124. The molecule has 0 radical (unpaired) electrons. The molecule has 1 heterocycles. The largest absolute Gasteiger partial charge is 0.481 e. The van der Waals surface area contributed by atoms with E-state index in [1.165, 1.54) is 0 Å². The Kier molecular flexibility index (Phi) is 3.97. The van der Waals surface area contributed by atoms with E-state index in [0.29, 0.717) is 6.04 Å². The summed E-state index contributed by atoms with van der Waals surface area (Å²) in [6.45, 7) is 10.4. The molecule has 16 heavy (non-hydrogen) atoms. The third-order valence-corrected chi connectivity index (χ3v) is 3.63. The minimum absolute atomic E-state index is 0.124. The van der Waals surface area contributed by atoms with E-state index in [4.69, 9.17) is 5.11 Å². The van der Waals surface area contributed by atoms with Crippen LogP contribution in [0.2, 0.25) is 0 Å². The predicted octanol–water partition coefficient (Wildman–Crippen LogP) is 1.26. The van der Waals surface area contributed by atoms with Crippen molar-refractivity contribution in [3.8, 4) is 0 Å². The lowest BCUT2D eigenvalue weighted by atomic mass is 9.94. The molecular formula is C12H24N2O2. The van der Waals surface area contributed by atoms with Crippen LogP contribution in [0, 0.1) is 0 Å². The number of carbonyl (C=O) groups is 1. The van der Waals surface area contributed by atoms with Crippen LogP contribution in [0.25, 0.3) is 0 Å². The lowest BCUT2D eigenvalue weighted by Gasteiger charge is -2.51. The third-order valence-electron chi connectivity index (χ3n) is 3.63. The molecule has 4 nitrogen and oxygen atoms in total. The molecule has 0 saturated carbocycles. The minimum atomic E-state index is -0.705. The topological polar surface area (TPSA) is 43.8 Å². The SMILES string of the molecule is CC(C)N1CC(C)(C)N(C)CC1CC(=O)O. The summed E-state index contributed by atoms with van der Waals surface area (Å²) in [5, 5.41) is 8.94. The number of carboxylic acid groups (broad SMARTS) is 1. The average molecular weight is 228 g/mol. The zero-order valence-electron chi connectivity index (χ0n) is 11.0. The van der Waals surface area contributed by atoms with Crippen LogP contribution in [0.4, 0.5) is 0 Å².